The van der Waals surface area contributed by atoms with Crippen molar-refractivity contribution in [1.29, 1.82) is 0 Å². The van der Waals surface area contributed by atoms with Gasteiger partial charge in [-0.2, -0.15) is 12.6 Å². The van der Waals surface area contributed by atoms with E-state index in [4.69, 9.17) is 4.43 Å². The quantitative estimate of drug-likeness (QED) is 0.580. The zero-order chi connectivity index (χ0) is 10.2. The first-order chi connectivity index (χ1) is 6.86. The summed E-state index contributed by atoms with van der Waals surface area (Å²) in [5, 5.41) is 0. The maximum Gasteiger partial charge on any atom is 0.178 e. The van der Waals surface area contributed by atoms with E-state index in [0.717, 1.165) is 12.4 Å². The van der Waals surface area contributed by atoms with E-state index in [9.17, 15) is 0 Å². The third-order valence-corrected chi connectivity index (χ3v) is 5.46. The van der Waals surface area contributed by atoms with Crippen LogP contribution >= 0.6 is 12.6 Å². The summed E-state index contributed by atoms with van der Waals surface area (Å²) >= 11 is 4.25. The Morgan fingerprint density at radius 2 is 2.00 bits per heavy atom. The minimum atomic E-state index is -0.959. The molecule has 0 spiro atoms. The number of hydrogen-bond acceptors (Lipinski definition) is 2. The Labute approximate surface area is 93.6 Å². The number of thiol groups is 1. The van der Waals surface area contributed by atoms with Crippen LogP contribution in [-0.2, 0) is 11.0 Å². The Morgan fingerprint density at radius 3 is 2.57 bits per heavy atom. The molecule has 1 atom stereocenters. The molecule has 0 aromatic heterocycles. The molecule has 1 rings (SSSR count). The van der Waals surface area contributed by atoms with Crippen molar-refractivity contribution >= 4 is 21.7 Å². The maximum atomic E-state index is 5.91. The average molecular weight is 226 g/mol. The van der Waals surface area contributed by atoms with E-state index in [1.165, 1.54) is 17.7 Å². The Balaban J connectivity index is 2.32. The molecule has 14 heavy (non-hydrogen) atoms. The van der Waals surface area contributed by atoms with Crippen molar-refractivity contribution in [2.24, 2.45) is 0 Å². The standard InChI is InChI=1S/C11H18OSSi/c1-2-14(9-8-13)12-10-11-6-4-3-5-7-11/h3-7,13-14H,2,8-10H2,1H3. The third kappa shape index (κ3) is 4.31. The zero-order valence-corrected chi connectivity index (χ0v) is 10.7. The molecule has 0 radical (unpaired) electrons. The third-order valence-electron chi connectivity index (χ3n) is 2.23. The molecule has 1 unspecified atom stereocenters. The summed E-state index contributed by atoms with van der Waals surface area (Å²) in [6, 6.07) is 12.7. The summed E-state index contributed by atoms with van der Waals surface area (Å²) in [5.74, 6) is 0.958. The predicted molar refractivity (Wildman–Crippen MR) is 67.5 cm³/mol. The van der Waals surface area contributed by atoms with Crippen LogP contribution in [0.1, 0.15) is 12.5 Å². The summed E-state index contributed by atoms with van der Waals surface area (Å²) < 4.78 is 5.91. The largest absolute Gasteiger partial charge is 0.416 e. The van der Waals surface area contributed by atoms with Gasteiger partial charge in [-0.15, -0.1) is 0 Å². The molecule has 0 bridgehead atoms. The first-order valence-electron chi connectivity index (χ1n) is 5.13. The van der Waals surface area contributed by atoms with E-state index in [0.29, 0.717) is 0 Å². The van der Waals surface area contributed by atoms with Crippen LogP contribution in [0, 0.1) is 0 Å². The van der Waals surface area contributed by atoms with Crippen LogP contribution in [0.25, 0.3) is 0 Å². The molecule has 0 amide bonds. The van der Waals surface area contributed by atoms with Gasteiger partial charge >= 0.3 is 0 Å². The summed E-state index contributed by atoms with van der Waals surface area (Å²) in [6.45, 7) is 2.99. The van der Waals surface area contributed by atoms with Gasteiger partial charge in [0.05, 0.1) is 6.61 Å². The molecule has 1 nitrogen and oxygen atoms in total. The smallest absolute Gasteiger partial charge is 0.178 e. The molecule has 0 aliphatic carbocycles. The maximum absolute atomic E-state index is 5.91. The lowest BCUT2D eigenvalue weighted by Crippen LogP contribution is -2.16. The van der Waals surface area contributed by atoms with E-state index < -0.39 is 9.04 Å². The fraction of sp³-hybridized carbons (Fsp3) is 0.455. The van der Waals surface area contributed by atoms with Crippen LogP contribution in [0.4, 0.5) is 0 Å². The number of hydrogen-bond donors (Lipinski definition) is 1. The topological polar surface area (TPSA) is 9.23 Å². The Hall–Kier alpha value is -0.253. The van der Waals surface area contributed by atoms with Gasteiger partial charge in [0.1, 0.15) is 0 Å². The van der Waals surface area contributed by atoms with Crippen LogP contribution in [0.5, 0.6) is 0 Å². The summed E-state index contributed by atoms with van der Waals surface area (Å²) in [5.41, 5.74) is 1.28. The van der Waals surface area contributed by atoms with Crippen molar-refractivity contribution in [1.82, 2.24) is 0 Å². The summed E-state index contributed by atoms with van der Waals surface area (Å²) in [4.78, 5) is 0. The minimum absolute atomic E-state index is 0.777. The van der Waals surface area contributed by atoms with Crippen molar-refractivity contribution in [3.05, 3.63) is 35.9 Å². The molecule has 0 fully saturated rings. The normalized spacial score (nSPS) is 12.7. The van der Waals surface area contributed by atoms with E-state index >= 15 is 0 Å². The van der Waals surface area contributed by atoms with Crippen molar-refractivity contribution in [2.45, 2.75) is 25.6 Å². The molecule has 0 N–H and O–H groups in total. The Bertz CT molecular complexity index is 240. The lowest BCUT2D eigenvalue weighted by molar-refractivity contribution is 0.308. The van der Waals surface area contributed by atoms with E-state index in [1.807, 2.05) is 6.07 Å². The van der Waals surface area contributed by atoms with Gasteiger partial charge in [0, 0.05) is 0 Å². The number of benzene rings is 1. The molecule has 0 aliphatic heterocycles. The van der Waals surface area contributed by atoms with Crippen LogP contribution < -0.4 is 0 Å². The Morgan fingerprint density at radius 1 is 1.29 bits per heavy atom. The predicted octanol–water partition coefficient (Wildman–Crippen LogP) is 2.88. The van der Waals surface area contributed by atoms with Crippen LogP contribution in [-0.4, -0.2) is 14.8 Å². The van der Waals surface area contributed by atoms with Gasteiger partial charge in [0.15, 0.2) is 9.04 Å². The van der Waals surface area contributed by atoms with E-state index in [2.05, 4.69) is 43.8 Å². The highest BCUT2D eigenvalue weighted by atomic mass is 32.1. The van der Waals surface area contributed by atoms with Gasteiger partial charge in [-0.25, -0.2) is 0 Å². The molecular weight excluding hydrogens is 208 g/mol. The monoisotopic (exact) mass is 226 g/mol. The summed E-state index contributed by atoms with van der Waals surface area (Å²) in [7, 11) is -0.959. The van der Waals surface area contributed by atoms with Gasteiger partial charge in [-0.05, 0) is 23.4 Å². The second kappa shape index (κ2) is 7.09. The van der Waals surface area contributed by atoms with Gasteiger partial charge in [-0.3, -0.25) is 0 Å². The molecule has 78 valence electrons. The van der Waals surface area contributed by atoms with E-state index in [1.54, 1.807) is 0 Å². The lowest BCUT2D eigenvalue weighted by atomic mass is 10.2. The number of rotatable bonds is 6. The first kappa shape index (κ1) is 11.8. The first-order valence-corrected chi connectivity index (χ1v) is 7.87. The van der Waals surface area contributed by atoms with Crippen LogP contribution in [0.15, 0.2) is 30.3 Å². The van der Waals surface area contributed by atoms with Crippen molar-refractivity contribution < 1.29 is 4.43 Å². The molecule has 0 saturated carbocycles. The Kier molecular flexibility index (Phi) is 5.99. The molecule has 1 aromatic carbocycles. The second-order valence-electron chi connectivity index (χ2n) is 3.34. The lowest BCUT2D eigenvalue weighted by Gasteiger charge is -2.13. The van der Waals surface area contributed by atoms with Gasteiger partial charge < -0.3 is 4.43 Å². The highest BCUT2D eigenvalue weighted by molar-refractivity contribution is 7.80. The molecule has 1 aromatic rings. The zero-order valence-electron chi connectivity index (χ0n) is 8.65. The highest BCUT2D eigenvalue weighted by Gasteiger charge is 2.07. The second-order valence-corrected chi connectivity index (χ2v) is 6.76. The van der Waals surface area contributed by atoms with Crippen molar-refractivity contribution in [3.8, 4) is 0 Å². The van der Waals surface area contributed by atoms with Gasteiger partial charge in [-0.1, -0.05) is 37.3 Å². The highest BCUT2D eigenvalue weighted by Crippen LogP contribution is 2.07. The molecule has 0 saturated heterocycles. The minimum Gasteiger partial charge on any atom is -0.416 e. The average Bonchev–Trinajstić information content (AvgIpc) is 2.25. The summed E-state index contributed by atoms with van der Waals surface area (Å²) in [6.07, 6.45) is 0. The molecule has 3 heteroatoms. The van der Waals surface area contributed by atoms with Crippen molar-refractivity contribution in [2.75, 3.05) is 5.75 Å². The van der Waals surface area contributed by atoms with Crippen LogP contribution in [0.2, 0.25) is 12.1 Å². The molecule has 0 aliphatic rings. The fourth-order valence-electron chi connectivity index (χ4n) is 1.34. The van der Waals surface area contributed by atoms with Crippen LogP contribution in [0.3, 0.4) is 0 Å². The molecular formula is C11H18OSSi. The molecule has 0 heterocycles. The van der Waals surface area contributed by atoms with Gasteiger partial charge in [0.25, 0.3) is 0 Å². The SMILES string of the molecule is CC[SiH](CCS)OCc1ccccc1. The van der Waals surface area contributed by atoms with Gasteiger partial charge in [0.2, 0.25) is 0 Å². The fourth-order valence-corrected chi connectivity index (χ4v) is 3.73. The van der Waals surface area contributed by atoms with E-state index in [-0.39, 0.29) is 0 Å². The van der Waals surface area contributed by atoms with Crippen molar-refractivity contribution in [3.63, 3.8) is 0 Å².